The zero-order valence-electron chi connectivity index (χ0n) is 8.13. The van der Waals surface area contributed by atoms with Crippen LogP contribution in [0.3, 0.4) is 0 Å². The molecule has 0 aliphatic heterocycles. The van der Waals surface area contributed by atoms with E-state index in [1.165, 1.54) is 7.11 Å². The number of hydrogen-bond acceptors (Lipinski definition) is 2. The Labute approximate surface area is 88.1 Å². The summed E-state index contributed by atoms with van der Waals surface area (Å²) in [6.07, 6.45) is 1.70. The van der Waals surface area contributed by atoms with Crippen LogP contribution in [0.4, 0.5) is 0 Å². The molecule has 0 N–H and O–H groups in total. The van der Waals surface area contributed by atoms with Crippen molar-refractivity contribution in [2.24, 2.45) is 0 Å². The quantitative estimate of drug-likeness (QED) is 0.702. The van der Waals surface area contributed by atoms with Crippen molar-refractivity contribution in [2.45, 2.75) is 6.92 Å². The molecule has 0 aromatic heterocycles. The highest BCUT2D eigenvalue weighted by Crippen LogP contribution is 2.25. The highest BCUT2D eigenvalue weighted by atomic mass is 35.5. The van der Waals surface area contributed by atoms with Gasteiger partial charge in [0.05, 0.1) is 17.7 Å². The van der Waals surface area contributed by atoms with Gasteiger partial charge in [0.1, 0.15) is 0 Å². The fourth-order valence-corrected chi connectivity index (χ4v) is 1.44. The van der Waals surface area contributed by atoms with Gasteiger partial charge in [0.2, 0.25) is 0 Å². The Morgan fingerprint density at radius 3 is 2.71 bits per heavy atom. The SMILES string of the molecule is C=Cc1ccc(C(=O)OC)c(Cl)c1C. The Balaban J connectivity index is 3.30. The minimum absolute atomic E-state index is 0.386. The van der Waals surface area contributed by atoms with Gasteiger partial charge in [-0.25, -0.2) is 4.79 Å². The maximum atomic E-state index is 11.3. The van der Waals surface area contributed by atoms with E-state index >= 15 is 0 Å². The smallest absolute Gasteiger partial charge is 0.339 e. The second-order valence-electron chi connectivity index (χ2n) is 2.84. The Morgan fingerprint density at radius 1 is 1.57 bits per heavy atom. The van der Waals surface area contributed by atoms with Gasteiger partial charge in [0, 0.05) is 0 Å². The standard InChI is InChI=1S/C11H11ClO2/c1-4-8-5-6-9(11(13)14-3)10(12)7(8)2/h4-6H,1H2,2-3H3. The summed E-state index contributed by atoms with van der Waals surface area (Å²) < 4.78 is 4.60. The van der Waals surface area contributed by atoms with Crippen molar-refractivity contribution in [3.63, 3.8) is 0 Å². The van der Waals surface area contributed by atoms with E-state index in [-0.39, 0.29) is 0 Å². The molecule has 1 aromatic carbocycles. The molecule has 1 aromatic rings. The van der Waals surface area contributed by atoms with Gasteiger partial charge in [0.25, 0.3) is 0 Å². The molecule has 0 saturated carbocycles. The first-order valence-electron chi connectivity index (χ1n) is 4.11. The first-order valence-corrected chi connectivity index (χ1v) is 4.49. The van der Waals surface area contributed by atoms with Crippen molar-refractivity contribution in [1.82, 2.24) is 0 Å². The summed E-state index contributed by atoms with van der Waals surface area (Å²) in [5.41, 5.74) is 2.14. The van der Waals surface area contributed by atoms with Crippen molar-refractivity contribution in [1.29, 1.82) is 0 Å². The molecule has 3 heteroatoms. The Hall–Kier alpha value is -1.28. The van der Waals surface area contributed by atoms with Crippen LogP contribution in [0.25, 0.3) is 6.08 Å². The molecule has 1 rings (SSSR count). The Morgan fingerprint density at radius 2 is 2.21 bits per heavy atom. The number of ether oxygens (including phenoxy) is 1. The average Bonchev–Trinajstić information content (AvgIpc) is 2.21. The fraction of sp³-hybridized carbons (Fsp3) is 0.182. The first-order chi connectivity index (χ1) is 6.61. The summed E-state index contributed by atoms with van der Waals surface area (Å²) >= 11 is 6.00. The van der Waals surface area contributed by atoms with Crippen LogP contribution in [-0.4, -0.2) is 13.1 Å². The van der Waals surface area contributed by atoms with Crippen LogP contribution in [0.2, 0.25) is 5.02 Å². The van der Waals surface area contributed by atoms with E-state index in [9.17, 15) is 4.79 Å². The number of carbonyl (C=O) groups is 1. The van der Waals surface area contributed by atoms with Crippen molar-refractivity contribution in [3.05, 3.63) is 40.4 Å². The molecule has 0 amide bonds. The van der Waals surface area contributed by atoms with Gasteiger partial charge in [-0.1, -0.05) is 30.3 Å². The lowest BCUT2D eigenvalue weighted by Crippen LogP contribution is -2.03. The summed E-state index contributed by atoms with van der Waals surface area (Å²) in [5.74, 6) is -0.422. The lowest BCUT2D eigenvalue weighted by atomic mass is 10.1. The van der Waals surface area contributed by atoms with Gasteiger partial charge in [-0.2, -0.15) is 0 Å². The minimum atomic E-state index is -0.422. The monoisotopic (exact) mass is 210 g/mol. The first kappa shape index (κ1) is 10.8. The second kappa shape index (κ2) is 4.29. The Bertz CT molecular complexity index is 383. The van der Waals surface area contributed by atoms with E-state index in [1.807, 2.05) is 6.92 Å². The van der Waals surface area contributed by atoms with E-state index in [0.29, 0.717) is 10.6 Å². The summed E-state index contributed by atoms with van der Waals surface area (Å²) in [5, 5.41) is 0.425. The van der Waals surface area contributed by atoms with E-state index in [4.69, 9.17) is 11.6 Å². The van der Waals surface area contributed by atoms with Crippen LogP contribution >= 0.6 is 11.6 Å². The normalized spacial score (nSPS) is 9.64. The van der Waals surface area contributed by atoms with E-state index < -0.39 is 5.97 Å². The molecule has 0 saturated heterocycles. The summed E-state index contributed by atoms with van der Waals surface area (Å²) in [6, 6.07) is 3.43. The molecular formula is C11H11ClO2. The predicted octanol–water partition coefficient (Wildman–Crippen LogP) is 3.08. The lowest BCUT2D eigenvalue weighted by Gasteiger charge is -2.07. The lowest BCUT2D eigenvalue weighted by molar-refractivity contribution is 0.0601. The minimum Gasteiger partial charge on any atom is -0.465 e. The number of rotatable bonds is 2. The van der Waals surface area contributed by atoms with Gasteiger partial charge < -0.3 is 4.74 Å². The van der Waals surface area contributed by atoms with Crippen LogP contribution in [0.15, 0.2) is 18.7 Å². The number of methoxy groups -OCH3 is 1. The molecule has 0 atom stereocenters. The number of esters is 1. The molecule has 0 radical (unpaired) electrons. The van der Waals surface area contributed by atoms with Crippen LogP contribution in [0.5, 0.6) is 0 Å². The fourth-order valence-electron chi connectivity index (χ4n) is 1.19. The molecule has 74 valence electrons. The molecular weight excluding hydrogens is 200 g/mol. The maximum absolute atomic E-state index is 11.3. The van der Waals surface area contributed by atoms with Gasteiger partial charge in [-0.3, -0.25) is 0 Å². The zero-order valence-corrected chi connectivity index (χ0v) is 8.89. The average molecular weight is 211 g/mol. The molecule has 0 fully saturated rings. The van der Waals surface area contributed by atoms with Gasteiger partial charge in [-0.15, -0.1) is 0 Å². The number of hydrogen-bond donors (Lipinski definition) is 0. The van der Waals surface area contributed by atoms with Gasteiger partial charge in [-0.05, 0) is 24.1 Å². The van der Waals surface area contributed by atoms with Crippen LogP contribution < -0.4 is 0 Å². The topological polar surface area (TPSA) is 26.3 Å². The van der Waals surface area contributed by atoms with E-state index in [1.54, 1.807) is 18.2 Å². The van der Waals surface area contributed by atoms with E-state index in [2.05, 4.69) is 11.3 Å². The third-order valence-electron chi connectivity index (χ3n) is 2.05. The van der Waals surface area contributed by atoms with Crippen molar-refractivity contribution in [3.8, 4) is 0 Å². The molecule has 0 heterocycles. The highest BCUT2D eigenvalue weighted by Gasteiger charge is 2.13. The third kappa shape index (κ3) is 1.80. The van der Waals surface area contributed by atoms with Crippen molar-refractivity contribution < 1.29 is 9.53 Å². The number of benzene rings is 1. The highest BCUT2D eigenvalue weighted by molar-refractivity contribution is 6.34. The molecule has 0 aliphatic carbocycles. The summed E-state index contributed by atoms with van der Waals surface area (Å²) in [4.78, 5) is 11.3. The molecule has 0 spiro atoms. The summed E-state index contributed by atoms with van der Waals surface area (Å²) in [6.45, 7) is 5.49. The van der Waals surface area contributed by atoms with Crippen molar-refractivity contribution in [2.75, 3.05) is 7.11 Å². The molecule has 2 nitrogen and oxygen atoms in total. The largest absolute Gasteiger partial charge is 0.465 e. The maximum Gasteiger partial charge on any atom is 0.339 e. The number of halogens is 1. The van der Waals surface area contributed by atoms with Crippen LogP contribution in [0.1, 0.15) is 21.5 Å². The molecule has 0 aliphatic rings. The predicted molar refractivity (Wildman–Crippen MR) is 57.6 cm³/mol. The van der Waals surface area contributed by atoms with E-state index in [0.717, 1.165) is 11.1 Å². The number of carbonyl (C=O) groups excluding carboxylic acids is 1. The molecule has 0 unspecified atom stereocenters. The third-order valence-corrected chi connectivity index (χ3v) is 2.54. The second-order valence-corrected chi connectivity index (χ2v) is 3.22. The molecule has 14 heavy (non-hydrogen) atoms. The van der Waals surface area contributed by atoms with Gasteiger partial charge >= 0.3 is 5.97 Å². The van der Waals surface area contributed by atoms with Crippen LogP contribution in [-0.2, 0) is 4.74 Å². The zero-order chi connectivity index (χ0) is 10.7. The summed E-state index contributed by atoms with van der Waals surface area (Å²) in [7, 11) is 1.33. The molecule has 0 bridgehead atoms. The van der Waals surface area contributed by atoms with Crippen molar-refractivity contribution >= 4 is 23.6 Å². The van der Waals surface area contributed by atoms with Crippen LogP contribution in [0, 0.1) is 6.92 Å². The van der Waals surface area contributed by atoms with Gasteiger partial charge in [0.15, 0.2) is 0 Å². The Kier molecular flexibility index (Phi) is 3.31.